The SMILES string of the molecule is CC(=O)COc1ccc(OCC(O)CN2CCN(c3ccccc3)CC2)c2c1NC(=O)CC2.Cl. The number of amides is 1. The standard InChI is InChI=1S/C25H31N3O5.ClH/c1-18(29)16-32-23-9-8-22(21-7-10-24(31)26-25(21)23)33-17-20(30)15-27-11-13-28(14-12-27)19-5-3-2-4-6-19;/h2-6,8-9,20,30H,7,10-17H2,1H3,(H,26,31);1H. The number of carbonyl (C=O) groups is 2. The van der Waals surface area contributed by atoms with Crippen molar-refractivity contribution in [1.29, 1.82) is 0 Å². The predicted molar refractivity (Wildman–Crippen MR) is 133 cm³/mol. The summed E-state index contributed by atoms with van der Waals surface area (Å²) in [4.78, 5) is 27.8. The van der Waals surface area contributed by atoms with Gasteiger partial charge in [0.15, 0.2) is 5.78 Å². The molecule has 9 heteroatoms. The summed E-state index contributed by atoms with van der Waals surface area (Å²) in [5, 5.41) is 13.4. The Balaban J connectivity index is 0.00000324. The van der Waals surface area contributed by atoms with E-state index < -0.39 is 6.10 Å². The van der Waals surface area contributed by atoms with Crippen LogP contribution >= 0.6 is 12.4 Å². The molecule has 0 bridgehead atoms. The lowest BCUT2D eigenvalue weighted by Crippen LogP contribution is -2.49. The Labute approximate surface area is 206 Å². The summed E-state index contributed by atoms with van der Waals surface area (Å²) in [5.41, 5.74) is 2.62. The highest BCUT2D eigenvalue weighted by Crippen LogP contribution is 2.39. The number of rotatable bonds is 9. The minimum Gasteiger partial charge on any atom is -0.490 e. The molecule has 0 aromatic heterocycles. The van der Waals surface area contributed by atoms with Gasteiger partial charge in [0, 0.05) is 50.4 Å². The highest BCUT2D eigenvalue weighted by molar-refractivity contribution is 5.96. The molecule has 2 aromatic rings. The molecule has 1 amide bonds. The van der Waals surface area contributed by atoms with Crippen LogP contribution in [0.3, 0.4) is 0 Å². The molecule has 0 spiro atoms. The van der Waals surface area contributed by atoms with Gasteiger partial charge in [-0.05, 0) is 37.6 Å². The number of ether oxygens (including phenoxy) is 2. The minimum absolute atomic E-state index is 0. The molecule has 8 nitrogen and oxygen atoms in total. The number of piperazine rings is 1. The lowest BCUT2D eigenvalue weighted by Gasteiger charge is -2.36. The third-order valence-electron chi connectivity index (χ3n) is 5.92. The fraction of sp³-hybridized carbons (Fsp3) is 0.440. The van der Waals surface area contributed by atoms with Gasteiger partial charge in [-0.2, -0.15) is 0 Å². The number of aliphatic hydroxyl groups is 1. The number of carbonyl (C=O) groups excluding carboxylic acids is 2. The van der Waals surface area contributed by atoms with Gasteiger partial charge >= 0.3 is 0 Å². The number of nitrogens with zero attached hydrogens (tertiary/aromatic N) is 2. The van der Waals surface area contributed by atoms with Gasteiger partial charge in [-0.3, -0.25) is 14.5 Å². The van der Waals surface area contributed by atoms with E-state index in [1.165, 1.54) is 12.6 Å². The quantitative estimate of drug-likeness (QED) is 0.559. The zero-order valence-corrected chi connectivity index (χ0v) is 20.2. The number of fused-ring (bicyclic) bond motifs is 1. The lowest BCUT2D eigenvalue weighted by molar-refractivity contribution is -0.119. The van der Waals surface area contributed by atoms with E-state index >= 15 is 0 Å². The van der Waals surface area contributed by atoms with E-state index in [0.29, 0.717) is 36.6 Å². The molecular formula is C25H32ClN3O5. The molecule has 1 atom stereocenters. The lowest BCUT2D eigenvalue weighted by atomic mass is 10.0. The number of halogens is 1. The first-order valence-corrected chi connectivity index (χ1v) is 11.4. The molecule has 34 heavy (non-hydrogen) atoms. The van der Waals surface area contributed by atoms with Crippen LogP contribution in [0, 0.1) is 0 Å². The number of nitrogens with one attached hydrogen (secondary N) is 1. The first-order chi connectivity index (χ1) is 16.0. The maximum atomic E-state index is 11.9. The summed E-state index contributed by atoms with van der Waals surface area (Å²) in [7, 11) is 0. The van der Waals surface area contributed by atoms with Crippen LogP contribution in [0.25, 0.3) is 0 Å². The Morgan fingerprint density at radius 1 is 1.03 bits per heavy atom. The third kappa shape index (κ3) is 6.62. The largest absolute Gasteiger partial charge is 0.490 e. The Kier molecular flexibility index (Phi) is 9.15. The number of anilines is 2. The number of Topliss-reactive ketones (excluding diaryl/α,β-unsaturated/α-hetero) is 1. The van der Waals surface area contributed by atoms with E-state index in [9.17, 15) is 14.7 Å². The molecule has 0 saturated carbocycles. The first kappa shape index (κ1) is 25.8. The average Bonchev–Trinajstić information content (AvgIpc) is 2.82. The second-order valence-electron chi connectivity index (χ2n) is 8.54. The summed E-state index contributed by atoms with van der Waals surface area (Å²) < 4.78 is 11.5. The summed E-state index contributed by atoms with van der Waals surface area (Å²) >= 11 is 0. The van der Waals surface area contributed by atoms with Gasteiger partial charge < -0.3 is 24.8 Å². The number of β-amino-alcohol motifs (C(OH)–C–C–N with tert-alkyl or cyclic N) is 1. The van der Waals surface area contributed by atoms with Crippen molar-refractivity contribution in [1.82, 2.24) is 4.90 Å². The number of ketones is 1. The van der Waals surface area contributed by atoms with Crippen molar-refractivity contribution in [2.24, 2.45) is 0 Å². The van der Waals surface area contributed by atoms with Crippen molar-refractivity contribution in [2.75, 3.05) is 56.2 Å². The maximum Gasteiger partial charge on any atom is 0.224 e. The molecule has 2 N–H and O–H groups in total. The molecule has 0 radical (unpaired) electrons. The van der Waals surface area contributed by atoms with Crippen molar-refractivity contribution in [2.45, 2.75) is 25.9 Å². The Morgan fingerprint density at radius 2 is 1.74 bits per heavy atom. The Morgan fingerprint density at radius 3 is 2.44 bits per heavy atom. The molecule has 4 rings (SSSR count). The van der Waals surface area contributed by atoms with E-state index in [-0.39, 0.29) is 37.3 Å². The van der Waals surface area contributed by atoms with Gasteiger partial charge in [-0.25, -0.2) is 0 Å². The molecule has 1 saturated heterocycles. The molecular weight excluding hydrogens is 458 g/mol. The predicted octanol–water partition coefficient (Wildman–Crippen LogP) is 2.52. The normalized spacial score (nSPS) is 16.6. The van der Waals surface area contributed by atoms with Gasteiger partial charge in [-0.1, -0.05) is 18.2 Å². The smallest absolute Gasteiger partial charge is 0.224 e. The fourth-order valence-corrected chi connectivity index (χ4v) is 4.23. The monoisotopic (exact) mass is 489 g/mol. The van der Waals surface area contributed by atoms with Crippen LogP contribution in [0.1, 0.15) is 18.9 Å². The molecule has 1 fully saturated rings. The van der Waals surface area contributed by atoms with E-state index in [1.807, 2.05) is 6.07 Å². The van der Waals surface area contributed by atoms with Gasteiger partial charge in [0.05, 0.1) is 5.69 Å². The Bertz CT molecular complexity index is 980. The molecule has 2 aliphatic rings. The van der Waals surface area contributed by atoms with Crippen LogP contribution < -0.4 is 19.7 Å². The third-order valence-corrected chi connectivity index (χ3v) is 5.92. The van der Waals surface area contributed by atoms with Crippen LogP contribution in [0.4, 0.5) is 11.4 Å². The molecule has 184 valence electrons. The van der Waals surface area contributed by atoms with Gasteiger partial charge in [-0.15, -0.1) is 12.4 Å². The van der Waals surface area contributed by atoms with Crippen molar-refractivity contribution in [3.63, 3.8) is 0 Å². The summed E-state index contributed by atoms with van der Waals surface area (Å²) in [6, 6.07) is 13.8. The van der Waals surface area contributed by atoms with Gasteiger partial charge in [0.2, 0.25) is 5.91 Å². The molecule has 2 aromatic carbocycles. The molecule has 2 aliphatic heterocycles. The van der Waals surface area contributed by atoms with Crippen LogP contribution in [0.5, 0.6) is 11.5 Å². The topological polar surface area (TPSA) is 91.3 Å². The second-order valence-corrected chi connectivity index (χ2v) is 8.54. The highest BCUT2D eigenvalue weighted by atomic mass is 35.5. The first-order valence-electron chi connectivity index (χ1n) is 11.4. The van der Waals surface area contributed by atoms with Crippen LogP contribution in [0.15, 0.2) is 42.5 Å². The number of para-hydroxylation sites is 1. The zero-order chi connectivity index (χ0) is 23.2. The summed E-state index contributed by atoms with van der Waals surface area (Å²) in [6.07, 6.45) is 0.245. The van der Waals surface area contributed by atoms with Crippen LogP contribution in [-0.2, 0) is 16.0 Å². The highest BCUT2D eigenvalue weighted by Gasteiger charge is 2.24. The van der Waals surface area contributed by atoms with Crippen molar-refractivity contribution >= 4 is 35.5 Å². The average molecular weight is 490 g/mol. The maximum absolute atomic E-state index is 11.9. The van der Waals surface area contributed by atoms with E-state index in [2.05, 4.69) is 39.4 Å². The van der Waals surface area contributed by atoms with E-state index in [0.717, 1.165) is 31.7 Å². The van der Waals surface area contributed by atoms with Crippen molar-refractivity contribution in [3.8, 4) is 11.5 Å². The van der Waals surface area contributed by atoms with Crippen LogP contribution in [-0.4, -0.2) is 73.7 Å². The molecule has 1 unspecified atom stereocenters. The Hall–Kier alpha value is -2.81. The molecule has 2 heterocycles. The number of hydrogen-bond donors (Lipinski definition) is 2. The van der Waals surface area contributed by atoms with Gasteiger partial charge in [0.25, 0.3) is 0 Å². The fourth-order valence-electron chi connectivity index (χ4n) is 4.23. The summed E-state index contributed by atoms with van der Waals surface area (Å²) in [6.45, 7) is 5.71. The van der Waals surface area contributed by atoms with Crippen molar-refractivity contribution in [3.05, 3.63) is 48.0 Å². The minimum atomic E-state index is -0.629. The van der Waals surface area contributed by atoms with Crippen molar-refractivity contribution < 1.29 is 24.2 Å². The van der Waals surface area contributed by atoms with Gasteiger partial charge in [0.1, 0.15) is 30.8 Å². The summed E-state index contributed by atoms with van der Waals surface area (Å²) in [5.74, 6) is 0.881. The van der Waals surface area contributed by atoms with E-state index in [1.54, 1.807) is 12.1 Å². The molecule has 0 aliphatic carbocycles. The van der Waals surface area contributed by atoms with E-state index in [4.69, 9.17) is 9.47 Å². The second kappa shape index (κ2) is 12.1. The van der Waals surface area contributed by atoms with Crippen LogP contribution in [0.2, 0.25) is 0 Å². The number of benzene rings is 2. The number of aliphatic hydroxyl groups excluding tert-OH is 1. The number of hydrogen-bond acceptors (Lipinski definition) is 7. The zero-order valence-electron chi connectivity index (χ0n) is 19.4.